The minimum absolute atomic E-state index is 0.00445. The van der Waals surface area contributed by atoms with Crippen LogP contribution in [0.25, 0.3) is 0 Å². The van der Waals surface area contributed by atoms with E-state index in [-0.39, 0.29) is 34.1 Å². The standard InChI is InChI=1S/C29H42O7/c1-16(30)34-15-26(3)11-7-12-27(4)19(26)10-13-28(5)20-9-8-18-23(25(33)36-24(18)32)29(20,6)22(14-21(27)28)35-17(2)31/h8,19-23,25,33H,7,9-15H2,1-6H3/t19-,20-,21+,22-,23+,25+,26-,27-,28-,29+/m0/s1. The highest BCUT2D eigenvalue weighted by Crippen LogP contribution is 2.74. The number of aliphatic hydroxyl groups is 1. The summed E-state index contributed by atoms with van der Waals surface area (Å²) in [6.45, 7) is 12.6. The Bertz CT molecular complexity index is 1000. The van der Waals surface area contributed by atoms with Crippen LogP contribution in [0.4, 0.5) is 0 Å². The molecule has 0 aromatic heterocycles. The van der Waals surface area contributed by atoms with Gasteiger partial charge in [0.15, 0.2) is 0 Å². The van der Waals surface area contributed by atoms with E-state index in [1.807, 2.05) is 6.08 Å². The Morgan fingerprint density at radius 3 is 2.39 bits per heavy atom. The maximum atomic E-state index is 12.6. The molecular weight excluding hydrogens is 460 g/mol. The summed E-state index contributed by atoms with van der Waals surface area (Å²) in [7, 11) is 0. The fourth-order valence-corrected chi connectivity index (χ4v) is 10.2. The van der Waals surface area contributed by atoms with Gasteiger partial charge in [-0.1, -0.05) is 40.2 Å². The topological polar surface area (TPSA) is 99.1 Å². The number of aliphatic hydroxyl groups excluding tert-OH is 1. The Hall–Kier alpha value is -1.89. The van der Waals surface area contributed by atoms with E-state index >= 15 is 0 Å². The van der Waals surface area contributed by atoms with Crippen molar-refractivity contribution in [2.45, 2.75) is 98.9 Å². The highest BCUT2D eigenvalue weighted by Gasteiger charge is 2.71. The average Bonchev–Trinajstić information content (AvgIpc) is 3.07. The summed E-state index contributed by atoms with van der Waals surface area (Å²) >= 11 is 0. The number of ether oxygens (including phenoxy) is 3. The van der Waals surface area contributed by atoms with Crippen LogP contribution in [0.15, 0.2) is 11.6 Å². The second-order valence-electron chi connectivity index (χ2n) is 13.4. The fraction of sp³-hybridized carbons (Fsp3) is 0.828. The molecule has 0 aromatic carbocycles. The normalized spacial score (nSPS) is 49.4. The maximum Gasteiger partial charge on any atom is 0.336 e. The summed E-state index contributed by atoms with van der Waals surface area (Å²) in [6.07, 6.45) is 7.02. The summed E-state index contributed by atoms with van der Waals surface area (Å²) in [5.74, 6) is -0.694. The van der Waals surface area contributed by atoms with E-state index in [0.29, 0.717) is 36.9 Å². The lowest BCUT2D eigenvalue weighted by Gasteiger charge is -2.70. The van der Waals surface area contributed by atoms with Gasteiger partial charge < -0.3 is 19.3 Å². The molecule has 5 aliphatic rings. The largest absolute Gasteiger partial charge is 0.465 e. The van der Waals surface area contributed by atoms with Gasteiger partial charge in [-0.25, -0.2) is 4.79 Å². The van der Waals surface area contributed by atoms with E-state index in [0.717, 1.165) is 32.1 Å². The molecule has 4 aliphatic carbocycles. The van der Waals surface area contributed by atoms with Gasteiger partial charge in [-0.05, 0) is 67.1 Å². The third-order valence-electron chi connectivity index (χ3n) is 11.6. The molecule has 1 saturated heterocycles. The maximum absolute atomic E-state index is 12.6. The Morgan fingerprint density at radius 2 is 1.72 bits per heavy atom. The van der Waals surface area contributed by atoms with Gasteiger partial charge in [0.25, 0.3) is 0 Å². The van der Waals surface area contributed by atoms with Crippen LogP contribution in [-0.4, -0.2) is 42.0 Å². The van der Waals surface area contributed by atoms with Gasteiger partial charge >= 0.3 is 17.9 Å². The predicted molar refractivity (Wildman–Crippen MR) is 131 cm³/mol. The molecule has 3 saturated carbocycles. The van der Waals surface area contributed by atoms with E-state index in [4.69, 9.17) is 14.2 Å². The summed E-state index contributed by atoms with van der Waals surface area (Å²) < 4.78 is 17.0. The zero-order chi connectivity index (χ0) is 26.3. The van der Waals surface area contributed by atoms with Crippen LogP contribution in [0.1, 0.15) is 86.5 Å². The molecule has 1 aliphatic heterocycles. The van der Waals surface area contributed by atoms with Gasteiger partial charge in [0, 0.05) is 30.3 Å². The number of cyclic esters (lactones) is 1. The number of carbonyl (C=O) groups is 3. The van der Waals surface area contributed by atoms with Crippen LogP contribution >= 0.6 is 0 Å². The number of rotatable bonds is 3. The molecule has 7 nitrogen and oxygen atoms in total. The molecule has 36 heavy (non-hydrogen) atoms. The second kappa shape index (κ2) is 8.31. The van der Waals surface area contributed by atoms with Crippen molar-refractivity contribution >= 4 is 17.9 Å². The second-order valence-corrected chi connectivity index (χ2v) is 13.4. The van der Waals surface area contributed by atoms with Gasteiger partial charge in [0.2, 0.25) is 6.29 Å². The van der Waals surface area contributed by atoms with Crippen LogP contribution in [0.2, 0.25) is 0 Å². The van der Waals surface area contributed by atoms with Crippen LogP contribution in [0, 0.1) is 45.3 Å². The Labute approximate surface area is 214 Å². The Balaban J connectivity index is 1.58. The van der Waals surface area contributed by atoms with E-state index < -0.39 is 29.7 Å². The van der Waals surface area contributed by atoms with Crippen molar-refractivity contribution < 1.29 is 33.7 Å². The lowest BCUT2D eigenvalue weighted by Crippen LogP contribution is -2.67. The summed E-state index contributed by atoms with van der Waals surface area (Å²) in [5, 5.41) is 10.9. The highest BCUT2D eigenvalue weighted by molar-refractivity contribution is 5.92. The quantitative estimate of drug-likeness (QED) is 0.446. The first kappa shape index (κ1) is 25.7. The predicted octanol–water partition coefficient (Wildman–Crippen LogP) is 4.56. The molecular formula is C29H42O7. The molecule has 200 valence electrons. The van der Waals surface area contributed by atoms with Crippen molar-refractivity contribution in [2.24, 2.45) is 45.3 Å². The van der Waals surface area contributed by atoms with E-state index in [1.54, 1.807) is 0 Å². The van der Waals surface area contributed by atoms with Crippen LogP contribution in [0.5, 0.6) is 0 Å². The van der Waals surface area contributed by atoms with Crippen LogP contribution < -0.4 is 0 Å². The van der Waals surface area contributed by atoms with Gasteiger partial charge in [-0.3, -0.25) is 9.59 Å². The molecule has 0 unspecified atom stereocenters. The molecule has 1 heterocycles. The minimum Gasteiger partial charge on any atom is -0.465 e. The zero-order valence-corrected chi connectivity index (χ0v) is 22.6. The van der Waals surface area contributed by atoms with Gasteiger partial charge in [-0.2, -0.15) is 0 Å². The molecule has 1 N–H and O–H groups in total. The molecule has 0 radical (unpaired) electrons. The highest BCUT2D eigenvalue weighted by atomic mass is 16.6. The Kier molecular flexibility index (Phi) is 5.94. The summed E-state index contributed by atoms with van der Waals surface area (Å²) in [4.78, 5) is 36.6. The number of hydrogen-bond donors (Lipinski definition) is 1. The number of hydrogen-bond acceptors (Lipinski definition) is 7. The molecule has 5 rings (SSSR count). The lowest BCUT2D eigenvalue weighted by molar-refractivity contribution is -0.255. The Morgan fingerprint density at radius 1 is 1.03 bits per heavy atom. The van der Waals surface area contributed by atoms with Crippen molar-refractivity contribution in [3.63, 3.8) is 0 Å². The van der Waals surface area contributed by atoms with E-state index in [2.05, 4.69) is 27.7 Å². The smallest absolute Gasteiger partial charge is 0.336 e. The van der Waals surface area contributed by atoms with Crippen molar-refractivity contribution in [3.05, 3.63) is 11.6 Å². The van der Waals surface area contributed by atoms with Crippen LogP contribution in [-0.2, 0) is 28.6 Å². The van der Waals surface area contributed by atoms with Crippen molar-refractivity contribution in [1.29, 1.82) is 0 Å². The molecule has 7 heteroatoms. The molecule has 0 amide bonds. The molecule has 10 atom stereocenters. The molecule has 0 spiro atoms. The molecule has 4 fully saturated rings. The van der Waals surface area contributed by atoms with E-state index in [1.165, 1.54) is 13.8 Å². The van der Waals surface area contributed by atoms with Crippen molar-refractivity contribution in [1.82, 2.24) is 0 Å². The molecule has 0 bridgehead atoms. The van der Waals surface area contributed by atoms with Gasteiger partial charge in [0.1, 0.15) is 6.10 Å². The first-order chi connectivity index (χ1) is 16.8. The number of fused-ring (bicyclic) bond motifs is 7. The van der Waals surface area contributed by atoms with Gasteiger partial charge in [0.05, 0.1) is 12.5 Å². The summed E-state index contributed by atoms with van der Waals surface area (Å²) in [5.41, 5.74) is -0.203. The first-order valence-corrected chi connectivity index (χ1v) is 13.7. The average molecular weight is 503 g/mol. The number of esters is 3. The monoisotopic (exact) mass is 502 g/mol. The number of allylic oxidation sites excluding steroid dienone is 1. The van der Waals surface area contributed by atoms with E-state index in [9.17, 15) is 19.5 Å². The van der Waals surface area contributed by atoms with Gasteiger partial charge in [-0.15, -0.1) is 0 Å². The lowest BCUT2D eigenvalue weighted by atomic mass is 9.34. The zero-order valence-electron chi connectivity index (χ0n) is 22.6. The minimum atomic E-state index is -1.22. The molecule has 0 aromatic rings. The fourth-order valence-electron chi connectivity index (χ4n) is 10.2. The SMILES string of the molecule is CC(=O)OC[C@]1(C)CCC[C@]2(C)[C@H]3C[C@H](OC(C)=O)[C@]4(C)[C@@H]5C(=CC[C@H]4[C@]3(C)CC[C@@H]12)C(=O)O[C@H]5O. The number of carbonyl (C=O) groups excluding carboxylic acids is 3. The van der Waals surface area contributed by atoms with Crippen molar-refractivity contribution in [3.8, 4) is 0 Å². The van der Waals surface area contributed by atoms with Crippen LogP contribution in [0.3, 0.4) is 0 Å². The third-order valence-corrected chi connectivity index (χ3v) is 11.6. The van der Waals surface area contributed by atoms with Crippen molar-refractivity contribution in [2.75, 3.05) is 6.61 Å². The first-order valence-electron chi connectivity index (χ1n) is 13.7. The third kappa shape index (κ3) is 3.44. The summed E-state index contributed by atoms with van der Waals surface area (Å²) in [6, 6.07) is 0.